The highest BCUT2D eigenvalue weighted by molar-refractivity contribution is 5.81. The predicted octanol–water partition coefficient (Wildman–Crippen LogP) is 4.51. The van der Waals surface area contributed by atoms with E-state index in [1.807, 2.05) is 39.0 Å². The number of esters is 1. The Morgan fingerprint density at radius 1 is 1.03 bits per heavy atom. The van der Waals surface area contributed by atoms with Crippen molar-refractivity contribution in [2.45, 2.75) is 85.2 Å². The third-order valence-corrected chi connectivity index (χ3v) is 4.29. The van der Waals surface area contributed by atoms with E-state index in [4.69, 9.17) is 14.2 Å². The summed E-state index contributed by atoms with van der Waals surface area (Å²) in [6.45, 7) is 13.3. The van der Waals surface area contributed by atoms with E-state index in [-0.39, 0.29) is 12.0 Å². The van der Waals surface area contributed by atoms with Crippen LogP contribution in [0.2, 0.25) is 0 Å². The SMILES string of the molecule is CC(C)C(OC(=O)[C@H](C)NC(=O)OC(C)(C)C)[C@H](C)OCCCc1ccccc1. The highest BCUT2D eigenvalue weighted by Gasteiger charge is 2.29. The number of carbonyl (C=O) groups excluding carboxylic acids is 2. The summed E-state index contributed by atoms with van der Waals surface area (Å²) in [5.74, 6) is -0.425. The van der Waals surface area contributed by atoms with Crippen LogP contribution < -0.4 is 5.32 Å². The first-order chi connectivity index (χ1) is 13.5. The molecule has 0 heterocycles. The van der Waals surface area contributed by atoms with Crippen molar-refractivity contribution in [2.24, 2.45) is 5.92 Å². The van der Waals surface area contributed by atoms with Crippen LogP contribution in [-0.2, 0) is 25.4 Å². The number of carbonyl (C=O) groups is 2. The number of rotatable bonds is 10. The smallest absolute Gasteiger partial charge is 0.408 e. The van der Waals surface area contributed by atoms with Crippen molar-refractivity contribution in [3.63, 3.8) is 0 Å². The Hall–Kier alpha value is -2.08. The molecule has 6 nitrogen and oxygen atoms in total. The zero-order valence-corrected chi connectivity index (χ0v) is 18.9. The van der Waals surface area contributed by atoms with Gasteiger partial charge in [-0.2, -0.15) is 0 Å². The fraction of sp³-hybridized carbons (Fsp3) is 0.652. The zero-order chi connectivity index (χ0) is 22.0. The van der Waals surface area contributed by atoms with Crippen molar-refractivity contribution in [3.8, 4) is 0 Å². The van der Waals surface area contributed by atoms with Crippen molar-refractivity contribution in [1.82, 2.24) is 5.32 Å². The molecule has 6 heteroatoms. The van der Waals surface area contributed by atoms with Gasteiger partial charge in [0.05, 0.1) is 6.10 Å². The molecular weight excluding hydrogens is 370 g/mol. The average molecular weight is 408 g/mol. The molecule has 1 unspecified atom stereocenters. The van der Waals surface area contributed by atoms with E-state index in [0.717, 1.165) is 12.8 Å². The second-order valence-corrected chi connectivity index (χ2v) is 8.68. The normalized spacial score (nSPS) is 14.8. The summed E-state index contributed by atoms with van der Waals surface area (Å²) in [7, 11) is 0. The lowest BCUT2D eigenvalue weighted by Crippen LogP contribution is -2.45. The third-order valence-electron chi connectivity index (χ3n) is 4.29. The van der Waals surface area contributed by atoms with Crippen LogP contribution in [0.3, 0.4) is 0 Å². The number of benzene rings is 1. The molecule has 1 aromatic carbocycles. The summed E-state index contributed by atoms with van der Waals surface area (Å²) >= 11 is 0. The first kappa shape index (κ1) is 25.0. The minimum Gasteiger partial charge on any atom is -0.458 e. The number of hydrogen-bond acceptors (Lipinski definition) is 5. The van der Waals surface area contributed by atoms with Gasteiger partial charge in [0.25, 0.3) is 0 Å². The Labute approximate surface area is 175 Å². The number of ether oxygens (including phenoxy) is 3. The number of nitrogens with one attached hydrogen (secondary N) is 1. The molecule has 1 rings (SSSR count). The van der Waals surface area contributed by atoms with Crippen LogP contribution in [0.15, 0.2) is 30.3 Å². The van der Waals surface area contributed by atoms with E-state index in [1.165, 1.54) is 5.56 Å². The summed E-state index contributed by atoms with van der Waals surface area (Å²) in [5.41, 5.74) is 0.647. The molecule has 164 valence electrons. The Kier molecular flexibility index (Phi) is 10.2. The van der Waals surface area contributed by atoms with Gasteiger partial charge in [-0.3, -0.25) is 0 Å². The molecule has 0 aliphatic heterocycles. The summed E-state index contributed by atoms with van der Waals surface area (Å²) in [6, 6.07) is 9.44. The molecule has 1 N–H and O–H groups in total. The highest BCUT2D eigenvalue weighted by atomic mass is 16.6. The third kappa shape index (κ3) is 10.3. The Morgan fingerprint density at radius 3 is 2.21 bits per heavy atom. The Balaban J connectivity index is 2.47. The van der Waals surface area contributed by atoms with E-state index in [1.54, 1.807) is 27.7 Å². The number of aryl methyl sites for hydroxylation is 1. The van der Waals surface area contributed by atoms with E-state index in [0.29, 0.717) is 6.61 Å². The molecule has 0 saturated heterocycles. The van der Waals surface area contributed by atoms with E-state index in [2.05, 4.69) is 17.4 Å². The van der Waals surface area contributed by atoms with Gasteiger partial charge in [-0.25, -0.2) is 9.59 Å². The lowest BCUT2D eigenvalue weighted by Gasteiger charge is -2.29. The molecular formula is C23H37NO5. The zero-order valence-electron chi connectivity index (χ0n) is 18.9. The van der Waals surface area contributed by atoms with Gasteiger partial charge in [-0.1, -0.05) is 44.2 Å². The van der Waals surface area contributed by atoms with Crippen molar-refractivity contribution in [2.75, 3.05) is 6.61 Å². The number of alkyl carbamates (subject to hydrolysis) is 1. The quantitative estimate of drug-likeness (QED) is 0.456. The van der Waals surface area contributed by atoms with E-state index >= 15 is 0 Å². The molecule has 0 aliphatic carbocycles. The highest BCUT2D eigenvalue weighted by Crippen LogP contribution is 2.16. The Morgan fingerprint density at radius 2 is 1.66 bits per heavy atom. The maximum Gasteiger partial charge on any atom is 0.408 e. The summed E-state index contributed by atoms with van der Waals surface area (Å²) in [6.07, 6.45) is 0.541. The maximum atomic E-state index is 12.4. The van der Waals surface area contributed by atoms with Crippen LogP contribution in [0.1, 0.15) is 60.5 Å². The number of hydrogen-bond donors (Lipinski definition) is 1. The maximum absolute atomic E-state index is 12.4. The molecule has 0 aromatic heterocycles. The second-order valence-electron chi connectivity index (χ2n) is 8.68. The van der Waals surface area contributed by atoms with Crippen LogP contribution in [0.25, 0.3) is 0 Å². The van der Waals surface area contributed by atoms with E-state index < -0.39 is 29.8 Å². The minimum absolute atomic E-state index is 0.0804. The van der Waals surface area contributed by atoms with Gasteiger partial charge in [-0.05, 0) is 58.9 Å². The van der Waals surface area contributed by atoms with Crippen LogP contribution in [0, 0.1) is 5.92 Å². The second kappa shape index (κ2) is 11.8. The first-order valence-corrected chi connectivity index (χ1v) is 10.3. The predicted molar refractivity (Wildman–Crippen MR) is 114 cm³/mol. The van der Waals surface area contributed by atoms with Gasteiger partial charge >= 0.3 is 12.1 Å². The molecule has 1 aromatic rings. The van der Waals surface area contributed by atoms with Crippen LogP contribution in [0.4, 0.5) is 4.79 Å². The summed E-state index contributed by atoms with van der Waals surface area (Å²) < 4.78 is 16.8. The topological polar surface area (TPSA) is 73.9 Å². The van der Waals surface area contributed by atoms with Crippen LogP contribution >= 0.6 is 0 Å². The van der Waals surface area contributed by atoms with Crippen molar-refractivity contribution in [3.05, 3.63) is 35.9 Å². The molecule has 0 spiro atoms. The van der Waals surface area contributed by atoms with Gasteiger partial charge in [-0.15, -0.1) is 0 Å². The monoisotopic (exact) mass is 407 g/mol. The molecule has 1 amide bonds. The molecule has 0 fully saturated rings. The van der Waals surface area contributed by atoms with Crippen molar-refractivity contribution in [1.29, 1.82) is 0 Å². The van der Waals surface area contributed by atoms with Crippen LogP contribution in [-0.4, -0.2) is 42.5 Å². The molecule has 0 bridgehead atoms. The van der Waals surface area contributed by atoms with Gasteiger partial charge in [0.15, 0.2) is 0 Å². The van der Waals surface area contributed by atoms with Gasteiger partial charge in [0, 0.05) is 6.61 Å². The minimum atomic E-state index is -0.809. The molecule has 0 radical (unpaired) electrons. The standard InChI is InChI=1S/C23H37NO5/c1-16(2)20(18(4)27-15-11-14-19-12-9-8-10-13-19)28-21(25)17(3)24-22(26)29-23(5,6)7/h8-10,12-13,16-18,20H,11,14-15H2,1-7H3,(H,24,26)/t17-,18-,20?/m0/s1. The fourth-order valence-corrected chi connectivity index (χ4v) is 2.84. The van der Waals surface area contributed by atoms with Crippen molar-refractivity contribution < 1.29 is 23.8 Å². The lowest BCUT2D eigenvalue weighted by molar-refractivity contribution is -0.162. The molecule has 29 heavy (non-hydrogen) atoms. The Bertz CT molecular complexity index is 624. The first-order valence-electron chi connectivity index (χ1n) is 10.3. The van der Waals surface area contributed by atoms with Gasteiger partial charge in [0.2, 0.25) is 0 Å². The van der Waals surface area contributed by atoms with Gasteiger partial charge < -0.3 is 19.5 Å². The lowest BCUT2D eigenvalue weighted by atomic mass is 10.0. The average Bonchev–Trinajstić information content (AvgIpc) is 2.61. The summed E-state index contributed by atoms with van der Waals surface area (Å²) in [5, 5.41) is 2.51. The van der Waals surface area contributed by atoms with Crippen LogP contribution in [0.5, 0.6) is 0 Å². The molecule has 0 saturated carbocycles. The van der Waals surface area contributed by atoms with E-state index in [9.17, 15) is 9.59 Å². The molecule has 0 aliphatic rings. The fourth-order valence-electron chi connectivity index (χ4n) is 2.84. The molecule has 3 atom stereocenters. The largest absolute Gasteiger partial charge is 0.458 e. The van der Waals surface area contributed by atoms with Gasteiger partial charge in [0.1, 0.15) is 17.7 Å². The number of amides is 1. The van der Waals surface area contributed by atoms with Crippen molar-refractivity contribution >= 4 is 12.1 Å². The summed E-state index contributed by atoms with van der Waals surface area (Å²) in [4.78, 5) is 24.3.